The molecule has 4 fully saturated rings. The number of hydrogen-bond acceptors (Lipinski definition) is 5. The van der Waals surface area contributed by atoms with Crippen LogP contribution in [-0.2, 0) is 18.9 Å². The van der Waals surface area contributed by atoms with Crippen molar-refractivity contribution >= 4 is 17.3 Å². The summed E-state index contributed by atoms with van der Waals surface area (Å²) in [6.07, 6.45) is 1.34. The Hall–Kier alpha value is -0.470. The normalized spacial score (nSPS) is 36.4. The average Bonchev–Trinajstić information content (AvgIpc) is 3.24. The third-order valence-electron chi connectivity index (χ3n) is 3.85. The van der Waals surface area contributed by atoms with E-state index in [4.69, 9.17) is 31.2 Å². The van der Waals surface area contributed by atoms with Crippen LogP contribution in [0.4, 0.5) is 0 Å². The van der Waals surface area contributed by atoms with Crippen LogP contribution in [0, 0.1) is 0 Å². The maximum absolute atomic E-state index is 5.71. The van der Waals surface area contributed by atoms with Crippen molar-refractivity contribution in [2.24, 2.45) is 0 Å². The van der Waals surface area contributed by atoms with Crippen LogP contribution in [0.3, 0.4) is 0 Å². The van der Waals surface area contributed by atoms with Gasteiger partial charge in [0.2, 0.25) is 0 Å². The van der Waals surface area contributed by atoms with E-state index in [1.165, 1.54) is 0 Å². The van der Waals surface area contributed by atoms with Crippen LogP contribution in [-0.4, -0.2) is 91.9 Å². The van der Waals surface area contributed by atoms with Crippen molar-refractivity contribution in [1.82, 2.24) is 9.80 Å². The summed E-state index contributed by atoms with van der Waals surface area (Å²) in [5.41, 5.74) is 0. The van der Waals surface area contributed by atoms with Crippen LogP contribution >= 0.6 is 12.2 Å². The first-order chi connectivity index (χ1) is 9.78. The minimum Gasteiger partial charge on any atom is -0.371 e. The van der Waals surface area contributed by atoms with Crippen molar-refractivity contribution < 1.29 is 18.9 Å². The maximum Gasteiger partial charge on any atom is 0.171 e. The van der Waals surface area contributed by atoms with Gasteiger partial charge in [-0.15, -0.1) is 0 Å². The highest BCUT2D eigenvalue weighted by atomic mass is 32.1. The second kappa shape index (κ2) is 5.38. The molecule has 0 aromatic rings. The summed E-state index contributed by atoms with van der Waals surface area (Å²) in [5.74, 6) is 0. The van der Waals surface area contributed by atoms with Gasteiger partial charge in [0.15, 0.2) is 5.11 Å². The van der Waals surface area contributed by atoms with Crippen LogP contribution in [0.1, 0.15) is 0 Å². The molecule has 7 heteroatoms. The largest absolute Gasteiger partial charge is 0.371 e. The molecule has 4 rings (SSSR count). The van der Waals surface area contributed by atoms with Gasteiger partial charge in [0.1, 0.15) is 0 Å². The first kappa shape index (κ1) is 13.2. The fourth-order valence-corrected chi connectivity index (χ4v) is 2.64. The van der Waals surface area contributed by atoms with E-state index < -0.39 is 0 Å². The highest BCUT2D eigenvalue weighted by Crippen LogP contribution is 2.21. The molecule has 112 valence electrons. The van der Waals surface area contributed by atoms with E-state index in [2.05, 4.69) is 9.80 Å². The topological polar surface area (TPSA) is 56.6 Å². The van der Waals surface area contributed by atoms with Crippen LogP contribution in [0.15, 0.2) is 0 Å². The smallest absolute Gasteiger partial charge is 0.171 e. The Kier molecular flexibility index (Phi) is 3.55. The second-order valence-electron chi connectivity index (χ2n) is 5.91. The predicted molar refractivity (Wildman–Crippen MR) is 74.7 cm³/mol. The minimum atomic E-state index is 0.336. The molecule has 0 saturated carbocycles. The molecule has 4 aliphatic rings. The molecule has 6 nitrogen and oxygen atoms in total. The summed E-state index contributed by atoms with van der Waals surface area (Å²) < 4.78 is 21.4. The van der Waals surface area contributed by atoms with Crippen LogP contribution in [0.2, 0.25) is 0 Å². The van der Waals surface area contributed by atoms with Gasteiger partial charge in [-0.3, -0.25) is 0 Å². The molecule has 0 N–H and O–H groups in total. The van der Waals surface area contributed by atoms with E-state index in [1.807, 2.05) is 0 Å². The Morgan fingerprint density at radius 3 is 1.15 bits per heavy atom. The molecule has 4 atom stereocenters. The molecular weight excluding hydrogens is 280 g/mol. The molecule has 20 heavy (non-hydrogen) atoms. The van der Waals surface area contributed by atoms with E-state index >= 15 is 0 Å². The molecule has 4 aliphatic heterocycles. The fourth-order valence-electron chi connectivity index (χ4n) is 2.34. The third kappa shape index (κ3) is 3.79. The van der Waals surface area contributed by atoms with Gasteiger partial charge in [0.25, 0.3) is 0 Å². The van der Waals surface area contributed by atoms with Gasteiger partial charge in [0, 0.05) is 26.2 Å². The standard InChI is InChI=1S/C13H20N2O4S/c20-13(14(1-9-5-16-9)2-10-6-17-10)15(3-11-7-18-11)4-12-8-19-12/h9-12H,1-8H2. The highest BCUT2D eigenvalue weighted by molar-refractivity contribution is 7.80. The van der Waals surface area contributed by atoms with Gasteiger partial charge in [-0.25, -0.2) is 0 Å². The molecule has 0 aromatic heterocycles. The Morgan fingerprint density at radius 1 is 0.700 bits per heavy atom. The van der Waals surface area contributed by atoms with E-state index in [9.17, 15) is 0 Å². The Balaban J connectivity index is 1.38. The minimum absolute atomic E-state index is 0.336. The van der Waals surface area contributed by atoms with Crippen LogP contribution in [0.25, 0.3) is 0 Å². The summed E-state index contributed by atoms with van der Waals surface area (Å²) in [4.78, 5) is 4.46. The SMILES string of the molecule is S=C(N(CC1CO1)CC1CO1)N(CC1CO1)CC1CO1. The number of thiocarbonyl (C=S) groups is 1. The predicted octanol–water partition coefficient (Wildman–Crippen LogP) is -0.529. The van der Waals surface area contributed by atoms with Gasteiger partial charge in [0.05, 0.1) is 50.8 Å². The fraction of sp³-hybridized carbons (Fsp3) is 0.923. The van der Waals surface area contributed by atoms with Crippen molar-refractivity contribution in [3.63, 3.8) is 0 Å². The summed E-state index contributed by atoms with van der Waals surface area (Å²) in [5, 5.41) is 0.891. The molecule has 0 aromatic carbocycles. The van der Waals surface area contributed by atoms with E-state index in [1.54, 1.807) is 0 Å². The van der Waals surface area contributed by atoms with Crippen molar-refractivity contribution in [3.8, 4) is 0 Å². The number of hydrogen-bond donors (Lipinski definition) is 0. The summed E-state index contributed by atoms with van der Waals surface area (Å²) in [6.45, 7) is 6.87. The van der Waals surface area contributed by atoms with Crippen LogP contribution in [0.5, 0.6) is 0 Å². The van der Waals surface area contributed by atoms with Gasteiger partial charge >= 0.3 is 0 Å². The molecule has 4 heterocycles. The lowest BCUT2D eigenvalue weighted by Gasteiger charge is -2.32. The molecule has 0 amide bonds. The maximum atomic E-state index is 5.71. The van der Waals surface area contributed by atoms with Crippen LogP contribution < -0.4 is 0 Å². The lowest BCUT2D eigenvalue weighted by atomic mass is 10.3. The monoisotopic (exact) mass is 300 g/mol. The zero-order chi connectivity index (χ0) is 13.5. The number of ether oxygens (including phenoxy) is 4. The Labute approximate surface area is 123 Å². The molecule has 0 aliphatic carbocycles. The highest BCUT2D eigenvalue weighted by Gasteiger charge is 2.36. The zero-order valence-corrected chi connectivity index (χ0v) is 12.2. The summed E-state index contributed by atoms with van der Waals surface area (Å²) >= 11 is 5.71. The van der Waals surface area contributed by atoms with Crippen molar-refractivity contribution in [3.05, 3.63) is 0 Å². The Bertz CT molecular complexity index is 319. The van der Waals surface area contributed by atoms with E-state index in [-0.39, 0.29) is 0 Å². The molecule has 4 saturated heterocycles. The molecule has 4 unspecified atom stereocenters. The zero-order valence-electron chi connectivity index (χ0n) is 11.4. The van der Waals surface area contributed by atoms with E-state index in [0.717, 1.165) is 57.7 Å². The number of nitrogens with zero attached hydrogens (tertiary/aromatic N) is 2. The lowest BCUT2D eigenvalue weighted by molar-refractivity contribution is 0.248. The van der Waals surface area contributed by atoms with Crippen molar-refractivity contribution in [2.75, 3.05) is 52.6 Å². The number of rotatable bonds is 8. The molecule has 0 spiro atoms. The first-order valence-electron chi connectivity index (χ1n) is 7.28. The van der Waals surface area contributed by atoms with E-state index in [0.29, 0.717) is 24.4 Å². The molecular formula is C13H20N2O4S. The summed E-state index contributed by atoms with van der Waals surface area (Å²) in [6, 6.07) is 0. The van der Waals surface area contributed by atoms with Gasteiger partial charge in [-0.2, -0.15) is 0 Å². The van der Waals surface area contributed by atoms with Gasteiger partial charge in [-0.05, 0) is 12.2 Å². The average molecular weight is 300 g/mol. The van der Waals surface area contributed by atoms with Gasteiger partial charge < -0.3 is 28.7 Å². The molecule has 0 bridgehead atoms. The van der Waals surface area contributed by atoms with Gasteiger partial charge in [-0.1, -0.05) is 0 Å². The van der Waals surface area contributed by atoms with Crippen molar-refractivity contribution in [1.29, 1.82) is 0 Å². The second-order valence-corrected chi connectivity index (χ2v) is 6.28. The summed E-state index contributed by atoms with van der Waals surface area (Å²) in [7, 11) is 0. The first-order valence-corrected chi connectivity index (χ1v) is 7.69. The Morgan fingerprint density at radius 2 is 0.950 bits per heavy atom. The van der Waals surface area contributed by atoms with Crippen molar-refractivity contribution in [2.45, 2.75) is 24.4 Å². The third-order valence-corrected chi connectivity index (χ3v) is 4.36. The number of epoxide rings is 4. The molecule has 0 radical (unpaired) electrons. The lowest BCUT2D eigenvalue weighted by Crippen LogP contribution is -2.48. The quantitative estimate of drug-likeness (QED) is 0.441.